The second-order valence-electron chi connectivity index (χ2n) is 8.80. The van der Waals surface area contributed by atoms with Crippen molar-refractivity contribution in [3.8, 4) is 6.01 Å². The summed E-state index contributed by atoms with van der Waals surface area (Å²) in [6.45, 7) is 10.3. The van der Waals surface area contributed by atoms with E-state index in [-0.39, 0.29) is 17.5 Å². The van der Waals surface area contributed by atoms with Crippen LogP contribution in [0.3, 0.4) is 0 Å². The Hall–Kier alpha value is -2.09. The Morgan fingerprint density at radius 1 is 1.17 bits per heavy atom. The number of fused-ring (bicyclic) bond motifs is 1. The lowest BCUT2D eigenvalue weighted by Crippen LogP contribution is -2.38. The maximum absolute atomic E-state index is 12.4. The normalized spacial score (nSPS) is 16.0. The number of nitrogens with two attached hydrogens (primary N) is 1. The monoisotopic (exact) mass is 418 g/mol. The molecule has 3 rings (SSSR count). The fourth-order valence-corrected chi connectivity index (χ4v) is 4.25. The molecule has 0 atom stereocenters. The molecule has 1 fully saturated rings. The van der Waals surface area contributed by atoms with Crippen LogP contribution in [0.4, 0.5) is 5.82 Å². The zero-order valence-electron chi connectivity index (χ0n) is 18.8. The topological polar surface area (TPSA) is 102 Å². The van der Waals surface area contributed by atoms with Crippen LogP contribution in [0.2, 0.25) is 0 Å². The van der Waals surface area contributed by atoms with Gasteiger partial charge in [0.05, 0.1) is 6.61 Å². The minimum Gasteiger partial charge on any atom is -0.463 e. The standard InChI is InChI=1S/C22H38N6O2/c1-4-5-15-30-21-25-19(23)18-20(26-21)28(22(29)24-18)12-8-6-7-9-17-10-13-27(14-11-17)16(2)3/h16-17H,4-15H2,1-3H3,(H,24,29)(H2,23,25,26). The van der Waals surface area contributed by atoms with E-state index in [9.17, 15) is 4.79 Å². The number of nitrogens with zero attached hydrogens (tertiary/aromatic N) is 4. The van der Waals surface area contributed by atoms with E-state index in [0.717, 1.165) is 31.6 Å². The van der Waals surface area contributed by atoms with Crippen LogP contribution in [-0.4, -0.2) is 50.2 Å². The summed E-state index contributed by atoms with van der Waals surface area (Å²) in [6.07, 6.45) is 9.16. The Balaban J connectivity index is 1.49. The molecule has 0 unspecified atom stereocenters. The molecule has 3 N–H and O–H groups in total. The van der Waals surface area contributed by atoms with Crippen molar-refractivity contribution < 1.29 is 4.74 Å². The molecule has 8 heteroatoms. The van der Waals surface area contributed by atoms with E-state index < -0.39 is 0 Å². The van der Waals surface area contributed by atoms with Gasteiger partial charge in [-0.25, -0.2) is 4.79 Å². The molecule has 3 heterocycles. The Morgan fingerprint density at radius 3 is 2.63 bits per heavy atom. The molecule has 8 nitrogen and oxygen atoms in total. The average molecular weight is 419 g/mol. The first-order valence-corrected chi connectivity index (χ1v) is 11.6. The third kappa shape index (κ3) is 5.74. The lowest BCUT2D eigenvalue weighted by molar-refractivity contribution is 0.144. The van der Waals surface area contributed by atoms with Gasteiger partial charge in [0.2, 0.25) is 0 Å². The zero-order valence-corrected chi connectivity index (χ0v) is 18.8. The predicted molar refractivity (Wildman–Crippen MR) is 121 cm³/mol. The van der Waals surface area contributed by atoms with E-state index in [0.29, 0.717) is 30.4 Å². The van der Waals surface area contributed by atoms with Crippen LogP contribution in [-0.2, 0) is 6.54 Å². The molecule has 0 aliphatic carbocycles. The molecule has 0 radical (unpaired) electrons. The fourth-order valence-electron chi connectivity index (χ4n) is 4.25. The number of likely N-dealkylation sites (tertiary alicyclic amines) is 1. The first-order chi connectivity index (χ1) is 14.5. The summed E-state index contributed by atoms with van der Waals surface area (Å²) >= 11 is 0. The van der Waals surface area contributed by atoms with Gasteiger partial charge in [0, 0.05) is 12.6 Å². The highest BCUT2D eigenvalue weighted by atomic mass is 16.5. The van der Waals surface area contributed by atoms with Crippen molar-refractivity contribution in [2.75, 3.05) is 25.4 Å². The number of hydrogen-bond donors (Lipinski definition) is 2. The molecular weight excluding hydrogens is 380 g/mol. The van der Waals surface area contributed by atoms with Crippen molar-refractivity contribution in [1.82, 2.24) is 24.4 Å². The highest BCUT2D eigenvalue weighted by molar-refractivity contribution is 5.81. The third-order valence-electron chi connectivity index (χ3n) is 6.23. The van der Waals surface area contributed by atoms with E-state index in [1.54, 1.807) is 4.57 Å². The predicted octanol–water partition coefficient (Wildman–Crippen LogP) is 3.56. The number of rotatable bonds is 11. The highest BCUT2D eigenvalue weighted by Gasteiger charge is 2.20. The second kappa shape index (κ2) is 10.8. The van der Waals surface area contributed by atoms with Crippen LogP contribution in [0.25, 0.3) is 11.2 Å². The van der Waals surface area contributed by atoms with Gasteiger partial charge in [-0.1, -0.05) is 32.6 Å². The van der Waals surface area contributed by atoms with Gasteiger partial charge < -0.3 is 20.4 Å². The van der Waals surface area contributed by atoms with Crippen molar-refractivity contribution in [3.63, 3.8) is 0 Å². The number of aromatic nitrogens is 4. The van der Waals surface area contributed by atoms with E-state index >= 15 is 0 Å². The fraction of sp³-hybridized carbons (Fsp3) is 0.773. The molecule has 0 aromatic carbocycles. The summed E-state index contributed by atoms with van der Waals surface area (Å²) in [5.41, 5.74) is 6.87. The first-order valence-electron chi connectivity index (χ1n) is 11.6. The quantitative estimate of drug-likeness (QED) is 0.541. The Labute approximate surface area is 179 Å². The third-order valence-corrected chi connectivity index (χ3v) is 6.23. The molecule has 2 aromatic rings. The van der Waals surface area contributed by atoms with Gasteiger partial charge in [-0.3, -0.25) is 4.57 Å². The summed E-state index contributed by atoms with van der Waals surface area (Å²) in [5, 5.41) is 0. The molecule has 0 amide bonds. The molecule has 1 aliphatic rings. The van der Waals surface area contributed by atoms with Gasteiger partial charge in [0.25, 0.3) is 0 Å². The number of aryl methyl sites for hydroxylation is 1. The van der Waals surface area contributed by atoms with Crippen molar-refractivity contribution in [2.24, 2.45) is 5.92 Å². The summed E-state index contributed by atoms with van der Waals surface area (Å²) in [6, 6.07) is 0.907. The van der Waals surface area contributed by atoms with Gasteiger partial charge >= 0.3 is 11.7 Å². The summed E-state index contributed by atoms with van der Waals surface area (Å²) in [5.74, 6) is 1.11. The van der Waals surface area contributed by atoms with Crippen molar-refractivity contribution in [1.29, 1.82) is 0 Å². The van der Waals surface area contributed by atoms with Crippen molar-refractivity contribution in [3.05, 3.63) is 10.5 Å². The maximum Gasteiger partial charge on any atom is 0.327 e. The molecule has 0 spiro atoms. The molecule has 0 saturated carbocycles. The minimum absolute atomic E-state index is 0.183. The van der Waals surface area contributed by atoms with Crippen LogP contribution < -0.4 is 16.2 Å². The van der Waals surface area contributed by atoms with Gasteiger partial charge in [0.15, 0.2) is 11.5 Å². The molecule has 168 valence electrons. The number of unbranched alkanes of at least 4 members (excludes halogenated alkanes) is 3. The van der Waals surface area contributed by atoms with Crippen LogP contribution in [0.1, 0.15) is 72.1 Å². The lowest BCUT2D eigenvalue weighted by atomic mass is 9.91. The number of ether oxygens (including phenoxy) is 1. The van der Waals surface area contributed by atoms with E-state index in [1.807, 2.05) is 0 Å². The molecule has 1 saturated heterocycles. The number of aromatic amines is 1. The van der Waals surface area contributed by atoms with Gasteiger partial charge in [-0.2, -0.15) is 9.97 Å². The molecular formula is C22H38N6O2. The van der Waals surface area contributed by atoms with Crippen LogP contribution in [0.5, 0.6) is 6.01 Å². The molecule has 2 aromatic heterocycles. The maximum atomic E-state index is 12.4. The van der Waals surface area contributed by atoms with E-state index in [4.69, 9.17) is 10.5 Å². The van der Waals surface area contributed by atoms with Gasteiger partial charge in [-0.05, 0) is 58.5 Å². The lowest BCUT2D eigenvalue weighted by Gasteiger charge is -2.34. The number of anilines is 1. The van der Waals surface area contributed by atoms with E-state index in [2.05, 4.69) is 40.6 Å². The second-order valence-corrected chi connectivity index (χ2v) is 8.80. The number of nitrogens with one attached hydrogen (secondary N) is 1. The number of hydrogen-bond acceptors (Lipinski definition) is 6. The minimum atomic E-state index is -0.183. The number of H-pyrrole nitrogens is 1. The first kappa shape index (κ1) is 22.6. The molecule has 1 aliphatic heterocycles. The summed E-state index contributed by atoms with van der Waals surface area (Å²) in [7, 11) is 0. The summed E-state index contributed by atoms with van der Waals surface area (Å²) in [4.78, 5) is 26.4. The van der Waals surface area contributed by atoms with E-state index in [1.165, 1.54) is 38.8 Å². The zero-order chi connectivity index (χ0) is 21.5. The molecule has 30 heavy (non-hydrogen) atoms. The van der Waals surface area contributed by atoms with Gasteiger partial charge in [-0.15, -0.1) is 0 Å². The van der Waals surface area contributed by atoms with Gasteiger partial charge in [0.1, 0.15) is 5.52 Å². The van der Waals surface area contributed by atoms with Crippen molar-refractivity contribution in [2.45, 2.75) is 84.7 Å². The van der Waals surface area contributed by atoms with Crippen LogP contribution in [0, 0.1) is 5.92 Å². The number of piperidine rings is 1. The summed E-state index contributed by atoms with van der Waals surface area (Å²) < 4.78 is 7.26. The number of imidazole rings is 1. The van der Waals surface area contributed by atoms with Crippen LogP contribution >= 0.6 is 0 Å². The Bertz CT molecular complexity index is 851. The average Bonchev–Trinajstić information content (AvgIpc) is 3.04. The molecule has 0 bridgehead atoms. The Kier molecular flexibility index (Phi) is 8.13. The highest BCUT2D eigenvalue weighted by Crippen LogP contribution is 2.24. The van der Waals surface area contributed by atoms with Crippen molar-refractivity contribution >= 4 is 17.0 Å². The SMILES string of the molecule is CCCCOc1nc(N)c2[nH]c(=O)n(CCCCCC3CCN(C(C)C)CC3)c2n1. The Morgan fingerprint density at radius 2 is 1.93 bits per heavy atom. The number of nitrogen functional groups attached to an aromatic ring is 1. The largest absolute Gasteiger partial charge is 0.463 e. The smallest absolute Gasteiger partial charge is 0.327 e. The van der Waals surface area contributed by atoms with Crippen LogP contribution in [0.15, 0.2) is 4.79 Å².